The molecule has 1 aromatic rings. The lowest BCUT2D eigenvalue weighted by atomic mass is 10.2. The van der Waals surface area contributed by atoms with Gasteiger partial charge in [0.05, 0.1) is 18.2 Å². The maximum atomic E-state index is 11.8. The number of rotatable bonds is 6. The SMILES string of the molecule is N#Cc1ccc(OCC(O)CNCC(F)(F)F)cc1. The van der Waals surface area contributed by atoms with Gasteiger partial charge < -0.3 is 15.2 Å². The summed E-state index contributed by atoms with van der Waals surface area (Å²) >= 11 is 0. The molecule has 1 unspecified atom stereocenters. The fourth-order valence-corrected chi connectivity index (χ4v) is 1.26. The summed E-state index contributed by atoms with van der Waals surface area (Å²) in [6.07, 6.45) is -5.34. The van der Waals surface area contributed by atoms with Gasteiger partial charge >= 0.3 is 6.18 Å². The van der Waals surface area contributed by atoms with Crippen LogP contribution in [0.15, 0.2) is 24.3 Å². The van der Waals surface area contributed by atoms with Gasteiger partial charge in [-0.05, 0) is 24.3 Å². The molecule has 7 heteroatoms. The monoisotopic (exact) mass is 274 g/mol. The van der Waals surface area contributed by atoms with E-state index in [1.165, 1.54) is 0 Å². The van der Waals surface area contributed by atoms with Crippen molar-refractivity contribution in [3.8, 4) is 11.8 Å². The summed E-state index contributed by atoms with van der Waals surface area (Å²) < 4.78 is 40.6. The highest BCUT2D eigenvalue weighted by molar-refractivity contribution is 5.34. The molecule has 1 aromatic carbocycles. The third-order valence-corrected chi connectivity index (χ3v) is 2.13. The van der Waals surface area contributed by atoms with Gasteiger partial charge in [0.2, 0.25) is 0 Å². The van der Waals surface area contributed by atoms with Gasteiger partial charge in [0.15, 0.2) is 0 Å². The first-order chi connectivity index (χ1) is 8.90. The maximum absolute atomic E-state index is 11.8. The lowest BCUT2D eigenvalue weighted by Crippen LogP contribution is -2.37. The maximum Gasteiger partial charge on any atom is 0.401 e. The van der Waals surface area contributed by atoms with Crippen LogP contribution in [0, 0.1) is 11.3 Å². The van der Waals surface area contributed by atoms with Crippen LogP contribution in [0.5, 0.6) is 5.75 Å². The van der Waals surface area contributed by atoms with Gasteiger partial charge in [-0.3, -0.25) is 0 Å². The van der Waals surface area contributed by atoms with E-state index in [0.717, 1.165) is 0 Å². The van der Waals surface area contributed by atoms with Crippen LogP contribution in [0.25, 0.3) is 0 Å². The molecule has 2 N–H and O–H groups in total. The Balaban J connectivity index is 2.26. The normalized spacial score (nSPS) is 12.8. The van der Waals surface area contributed by atoms with Crippen molar-refractivity contribution in [1.82, 2.24) is 5.32 Å². The van der Waals surface area contributed by atoms with Crippen molar-refractivity contribution < 1.29 is 23.0 Å². The Morgan fingerprint density at radius 3 is 2.47 bits per heavy atom. The molecule has 4 nitrogen and oxygen atoms in total. The smallest absolute Gasteiger partial charge is 0.401 e. The second-order valence-corrected chi connectivity index (χ2v) is 3.85. The standard InChI is InChI=1S/C12H13F3N2O2/c13-12(14,15)8-17-6-10(18)7-19-11-3-1-9(5-16)2-4-11/h1-4,10,17-18H,6-8H2. The molecular weight excluding hydrogens is 261 g/mol. The highest BCUT2D eigenvalue weighted by Crippen LogP contribution is 2.13. The largest absolute Gasteiger partial charge is 0.491 e. The number of benzene rings is 1. The van der Waals surface area contributed by atoms with Gasteiger partial charge in [-0.25, -0.2) is 0 Å². The number of ether oxygens (including phenoxy) is 1. The topological polar surface area (TPSA) is 65.3 Å². The van der Waals surface area contributed by atoms with Crippen LogP contribution in [0.2, 0.25) is 0 Å². The number of hydrogen-bond donors (Lipinski definition) is 2. The predicted octanol–water partition coefficient (Wildman–Crippen LogP) is 1.45. The van der Waals surface area contributed by atoms with Crippen molar-refractivity contribution in [3.63, 3.8) is 0 Å². The first-order valence-electron chi connectivity index (χ1n) is 5.49. The Hall–Kier alpha value is -1.78. The van der Waals surface area contributed by atoms with Crippen LogP contribution in [-0.2, 0) is 0 Å². The molecule has 19 heavy (non-hydrogen) atoms. The summed E-state index contributed by atoms with van der Waals surface area (Å²) in [7, 11) is 0. The Morgan fingerprint density at radius 2 is 1.95 bits per heavy atom. The Bertz CT molecular complexity index is 426. The van der Waals surface area contributed by atoms with Crippen molar-refractivity contribution in [2.24, 2.45) is 0 Å². The Morgan fingerprint density at radius 1 is 1.32 bits per heavy atom. The summed E-state index contributed by atoms with van der Waals surface area (Å²) in [5.74, 6) is 0.439. The van der Waals surface area contributed by atoms with Gasteiger partial charge in [0.1, 0.15) is 18.5 Å². The van der Waals surface area contributed by atoms with Gasteiger partial charge in [0.25, 0.3) is 0 Å². The molecule has 0 aliphatic heterocycles. The quantitative estimate of drug-likeness (QED) is 0.824. The first-order valence-corrected chi connectivity index (χ1v) is 5.49. The zero-order valence-corrected chi connectivity index (χ0v) is 9.94. The van der Waals surface area contributed by atoms with Crippen LogP contribution >= 0.6 is 0 Å². The van der Waals surface area contributed by atoms with Gasteiger partial charge in [-0.1, -0.05) is 0 Å². The van der Waals surface area contributed by atoms with Gasteiger partial charge in [-0.2, -0.15) is 18.4 Å². The van der Waals surface area contributed by atoms with Crippen LogP contribution in [0.3, 0.4) is 0 Å². The molecule has 0 saturated carbocycles. The minimum Gasteiger partial charge on any atom is -0.491 e. The number of nitrogens with zero attached hydrogens (tertiary/aromatic N) is 1. The Kier molecular flexibility index (Phi) is 5.60. The molecule has 0 aliphatic carbocycles. The fraction of sp³-hybridized carbons (Fsp3) is 0.417. The zero-order chi connectivity index (χ0) is 14.3. The van der Waals surface area contributed by atoms with Crippen molar-refractivity contribution in [3.05, 3.63) is 29.8 Å². The highest BCUT2D eigenvalue weighted by atomic mass is 19.4. The van der Waals surface area contributed by atoms with Crippen LogP contribution < -0.4 is 10.1 Å². The van der Waals surface area contributed by atoms with E-state index in [2.05, 4.69) is 5.32 Å². The highest BCUT2D eigenvalue weighted by Gasteiger charge is 2.26. The van der Waals surface area contributed by atoms with Crippen molar-refractivity contribution in [1.29, 1.82) is 5.26 Å². The number of nitrogens with one attached hydrogen (secondary N) is 1. The molecule has 0 aromatic heterocycles. The van der Waals surface area contributed by atoms with E-state index in [9.17, 15) is 18.3 Å². The summed E-state index contributed by atoms with van der Waals surface area (Å²) in [6, 6.07) is 8.13. The number of aliphatic hydroxyl groups is 1. The van der Waals surface area contributed by atoms with Crippen LogP contribution in [0.4, 0.5) is 13.2 Å². The van der Waals surface area contributed by atoms with Crippen molar-refractivity contribution in [2.45, 2.75) is 12.3 Å². The molecule has 0 saturated heterocycles. The number of nitriles is 1. The molecule has 104 valence electrons. The van der Waals surface area contributed by atoms with E-state index < -0.39 is 18.8 Å². The van der Waals surface area contributed by atoms with E-state index >= 15 is 0 Å². The third kappa shape index (κ3) is 6.64. The van der Waals surface area contributed by atoms with Gasteiger partial charge in [0, 0.05) is 6.54 Å². The summed E-state index contributed by atoms with van der Waals surface area (Å²) in [5, 5.41) is 20.1. The molecule has 1 atom stereocenters. The molecule has 0 radical (unpaired) electrons. The predicted molar refractivity (Wildman–Crippen MR) is 61.6 cm³/mol. The summed E-state index contributed by atoms with van der Waals surface area (Å²) in [5.41, 5.74) is 0.472. The first kappa shape index (κ1) is 15.3. The van der Waals surface area contributed by atoms with E-state index in [1.807, 2.05) is 6.07 Å². The molecule has 0 fully saturated rings. The summed E-state index contributed by atoms with van der Waals surface area (Å²) in [6.45, 7) is -1.49. The van der Waals surface area contributed by atoms with E-state index in [4.69, 9.17) is 10.00 Å². The lowest BCUT2D eigenvalue weighted by Gasteiger charge is -2.14. The van der Waals surface area contributed by atoms with E-state index in [0.29, 0.717) is 11.3 Å². The molecule has 0 spiro atoms. The molecule has 0 bridgehead atoms. The minimum absolute atomic E-state index is 0.128. The lowest BCUT2D eigenvalue weighted by molar-refractivity contribution is -0.125. The van der Waals surface area contributed by atoms with E-state index in [1.54, 1.807) is 24.3 Å². The minimum atomic E-state index is -4.30. The number of aliphatic hydroxyl groups excluding tert-OH is 1. The average Bonchev–Trinajstić information content (AvgIpc) is 2.35. The number of halogens is 3. The van der Waals surface area contributed by atoms with Crippen molar-refractivity contribution in [2.75, 3.05) is 19.7 Å². The van der Waals surface area contributed by atoms with Gasteiger partial charge in [-0.15, -0.1) is 0 Å². The zero-order valence-electron chi connectivity index (χ0n) is 9.94. The molecule has 1 rings (SSSR count). The number of hydrogen-bond acceptors (Lipinski definition) is 4. The molecule has 0 amide bonds. The third-order valence-electron chi connectivity index (χ3n) is 2.13. The summed E-state index contributed by atoms with van der Waals surface area (Å²) in [4.78, 5) is 0. The van der Waals surface area contributed by atoms with Crippen LogP contribution in [-0.4, -0.2) is 37.1 Å². The fourth-order valence-electron chi connectivity index (χ4n) is 1.26. The second kappa shape index (κ2) is 6.97. The number of alkyl halides is 3. The molecular formula is C12H13F3N2O2. The van der Waals surface area contributed by atoms with E-state index in [-0.39, 0.29) is 13.2 Å². The second-order valence-electron chi connectivity index (χ2n) is 3.85. The van der Waals surface area contributed by atoms with Crippen LogP contribution in [0.1, 0.15) is 5.56 Å². The van der Waals surface area contributed by atoms with Crippen molar-refractivity contribution >= 4 is 0 Å². The molecule has 0 aliphatic rings. The average molecular weight is 274 g/mol. The Labute approximate surface area is 108 Å². The molecule has 0 heterocycles.